The van der Waals surface area contributed by atoms with Crippen LogP contribution in [0.5, 0.6) is 0 Å². The minimum absolute atomic E-state index is 0.0204. The Morgan fingerprint density at radius 1 is 1.46 bits per heavy atom. The Morgan fingerprint density at radius 3 is 2.46 bits per heavy atom. The molecule has 1 aliphatic rings. The van der Waals surface area contributed by atoms with E-state index < -0.39 is 0 Å². The Kier molecular flexibility index (Phi) is 3.27. The first kappa shape index (κ1) is 10.5. The van der Waals surface area contributed by atoms with E-state index in [1.165, 1.54) is 0 Å². The molecule has 0 saturated carbocycles. The Bertz CT molecular complexity index is 195. The van der Waals surface area contributed by atoms with E-state index in [2.05, 4.69) is 24.0 Å². The van der Waals surface area contributed by atoms with Crippen molar-refractivity contribution in [1.82, 2.24) is 4.90 Å². The number of nitrogens with zero attached hydrogens (tertiary/aromatic N) is 3. The van der Waals surface area contributed by atoms with E-state index in [-0.39, 0.29) is 5.90 Å². The fourth-order valence-corrected chi connectivity index (χ4v) is 1.60. The van der Waals surface area contributed by atoms with E-state index in [0.29, 0.717) is 6.54 Å². The lowest BCUT2D eigenvalue weighted by atomic mass is 10.2. The van der Waals surface area contributed by atoms with Crippen molar-refractivity contribution in [1.29, 1.82) is 0 Å². The number of piperazine rings is 1. The van der Waals surface area contributed by atoms with Gasteiger partial charge in [0.25, 0.3) is 0 Å². The lowest BCUT2D eigenvalue weighted by Gasteiger charge is -2.41. The van der Waals surface area contributed by atoms with E-state index in [1.807, 2.05) is 0 Å². The van der Waals surface area contributed by atoms with Gasteiger partial charge >= 0.3 is 0 Å². The summed E-state index contributed by atoms with van der Waals surface area (Å²) in [6.45, 7) is 4.82. The largest absolute Gasteiger partial charge is 0.858 e. The second kappa shape index (κ2) is 4.07. The molecule has 1 fully saturated rings. The summed E-state index contributed by atoms with van der Waals surface area (Å²) in [6.07, 6.45) is 0. The maximum atomic E-state index is 11.2. The summed E-state index contributed by atoms with van der Waals surface area (Å²) in [5.74, 6) is 0.0204. The third-order valence-corrected chi connectivity index (χ3v) is 2.81. The highest BCUT2D eigenvalue weighted by atomic mass is 16.3. The predicted molar refractivity (Wildman–Crippen MR) is 51.6 cm³/mol. The summed E-state index contributed by atoms with van der Waals surface area (Å²) < 4.78 is 0.848. The van der Waals surface area contributed by atoms with Crippen molar-refractivity contribution in [2.45, 2.75) is 0 Å². The van der Waals surface area contributed by atoms with Crippen LogP contribution in [0.1, 0.15) is 0 Å². The standard InChI is InChI=1S/C9H19N3O/c1-10-9(13)8-12(3)6-4-11(2)5-7-12/h4-8H2,1-3H3. The van der Waals surface area contributed by atoms with Gasteiger partial charge < -0.3 is 14.6 Å². The molecule has 0 amide bonds. The number of hydrogen-bond acceptors (Lipinski definition) is 3. The molecule has 13 heavy (non-hydrogen) atoms. The van der Waals surface area contributed by atoms with Crippen LogP contribution < -0.4 is 5.11 Å². The molecule has 1 saturated heterocycles. The molecule has 0 radical (unpaired) electrons. The zero-order chi connectivity index (χ0) is 9.90. The topological polar surface area (TPSA) is 38.7 Å². The summed E-state index contributed by atoms with van der Waals surface area (Å²) in [6, 6.07) is 0. The second-order valence-electron chi connectivity index (χ2n) is 4.15. The molecular formula is C9H19N3O. The number of likely N-dealkylation sites (N-methyl/N-ethyl adjacent to an activating group) is 2. The van der Waals surface area contributed by atoms with Gasteiger partial charge in [-0.3, -0.25) is 4.90 Å². The van der Waals surface area contributed by atoms with E-state index in [1.54, 1.807) is 7.05 Å². The van der Waals surface area contributed by atoms with Crippen molar-refractivity contribution in [3.63, 3.8) is 0 Å². The molecular weight excluding hydrogens is 166 g/mol. The maximum absolute atomic E-state index is 11.2. The van der Waals surface area contributed by atoms with E-state index in [0.717, 1.165) is 30.7 Å². The quantitative estimate of drug-likeness (QED) is 0.307. The van der Waals surface area contributed by atoms with Gasteiger partial charge in [0.15, 0.2) is 0 Å². The van der Waals surface area contributed by atoms with Crippen LogP contribution in [0.4, 0.5) is 0 Å². The highest BCUT2D eigenvalue weighted by Crippen LogP contribution is 2.07. The molecule has 0 aromatic heterocycles. The van der Waals surface area contributed by atoms with E-state index in [4.69, 9.17) is 0 Å². The van der Waals surface area contributed by atoms with Crippen LogP contribution in [0.15, 0.2) is 4.99 Å². The second-order valence-corrected chi connectivity index (χ2v) is 4.15. The van der Waals surface area contributed by atoms with Crippen molar-refractivity contribution in [3.8, 4) is 0 Å². The van der Waals surface area contributed by atoms with Gasteiger partial charge in [0.2, 0.25) is 0 Å². The average molecular weight is 185 g/mol. The predicted octanol–water partition coefficient (Wildman–Crippen LogP) is -1.23. The van der Waals surface area contributed by atoms with Crippen LogP contribution >= 0.6 is 0 Å². The molecule has 0 bridgehead atoms. The molecule has 0 spiro atoms. The van der Waals surface area contributed by atoms with Gasteiger partial charge in [-0.05, 0) is 7.05 Å². The lowest BCUT2D eigenvalue weighted by molar-refractivity contribution is -0.906. The third kappa shape index (κ3) is 2.97. The number of hydrogen-bond donors (Lipinski definition) is 0. The molecule has 0 aliphatic carbocycles. The van der Waals surface area contributed by atoms with Crippen molar-refractivity contribution < 1.29 is 9.59 Å². The minimum atomic E-state index is 0.0204. The van der Waals surface area contributed by atoms with Crippen LogP contribution in [0.3, 0.4) is 0 Å². The summed E-state index contributed by atoms with van der Waals surface area (Å²) in [7, 11) is 5.83. The normalized spacial score (nSPS) is 24.7. The van der Waals surface area contributed by atoms with Crippen molar-refractivity contribution in [3.05, 3.63) is 0 Å². The van der Waals surface area contributed by atoms with Crippen LogP contribution in [0, 0.1) is 0 Å². The number of rotatable bonds is 2. The van der Waals surface area contributed by atoms with Gasteiger partial charge in [-0.15, -0.1) is 0 Å². The number of quaternary nitrogens is 1. The summed E-state index contributed by atoms with van der Waals surface area (Å²) >= 11 is 0. The van der Waals surface area contributed by atoms with Crippen LogP contribution in [0.2, 0.25) is 0 Å². The molecule has 1 aliphatic heterocycles. The molecule has 0 N–H and O–H groups in total. The molecule has 4 nitrogen and oxygen atoms in total. The van der Waals surface area contributed by atoms with Crippen LogP contribution in [0.25, 0.3) is 0 Å². The zero-order valence-corrected chi connectivity index (χ0v) is 8.79. The van der Waals surface area contributed by atoms with Gasteiger partial charge in [0.1, 0.15) is 6.54 Å². The smallest absolute Gasteiger partial charge is 0.107 e. The first-order chi connectivity index (χ1) is 6.06. The van der Waals surface area contributed by atoms with Gasteiger partial charge in [-0.2, -0.15) is 0 Å². The Balaban J connectivity index is 2.47. The molecule has 0 atom stereocenters. The number of aliphatic imine (C=N–C) groups is 1. The molecule has 0 aromatic carbocycles. The highest BCUT2D eigenvalue weighted by Gasteiger charge is 2.26. The third-order valence-electron chi connectivity index (χ3n) is 2.81. The Morgan fingerprint density at radius 2 is 2.00 bits per heavy atom. The Hall–Kier alpha value is -0.610. The first-order valence-electron chi connectivity index (χ1n) is 4.70. The van der Waals surface area contributed by atoms with Gasteiger partial charge in [-0.25, -0.2) is 0 Å². The summed E-state index contributed by atoms with van der Waals surface area (Å²) in [5, 5.41) is 11.2. The molecule has 4 heteroatoms. The highest BCUT2D eigenvalue weighted by molar-refractivity contribution is 5.72. The zero-order valence-electron chi connectivity index (χ0n) is 8.79. The van der Waals surface area contributed by atoms with E-state index in [9.17, 15) is 5.11 Å². The molecule has 0 aromatic rings. The van der Waals surface area contributed by atoms with Gasteiger partial charge in [0.05, 0.1) is 20.1 Å². The fourth-order valence-electron chi connectivity index (χ4n) is 1.60. The maximum Gasteiger partial charge on any atom is 0.107 e. The monoisotopic (exact) mass is 185 g/mol. The molecule has 1 heterocycles. The van der Waals surface area contributed by atoms with E-state index >= 15 is 0 Å². The molecule has 76 valence electrons. The van der Waals surface area contributed by atoms with Crippen molar-refractivity contribution in [2.75, 3.05) is 53.9 Å². The summed E-state index contributed by atoms with van der Waals surface area (Å²) in [4.78, 5) is 5.98. The average Bonchev–Trinajstić information content (AvgIpc) is 2.10. The van der Waals surface area contributed by atoms with Crippen LogP contribution in [-0.4, -0.2) is 69.1 Å². The van der Waals surface area contributed by atoms with Crippen LogP contribution in [-0.2, 0) is 0 Å². The lowest BCUT2D eigenvalue weighted by Crippen LogP contribution is -2.59. The van der Waals surface area contributed by atoms with Crippen molar-refractivity contribution in [2.24, 2.45) is 4.99 Å². The summed E-state index contributed by atoms with van der Waals surface area (Å²) in [5.41, 5.74) is 0. The Labute approximate surface area is 80.1 Å². The van der Waals surface area contributed by atoms with Gasteiger partial charge in [0, 0.05) is 26.0 Å². The van der Waals surface area contributed by atoms with Gasteiger partial charge in [-0.1, -0.05) is 0 Å². The fraction of sp³-hybridized carbons (Fsp3) is 0.889. The first-order valence-corrected chi connectivity index (χ1v) is 4.70. The molecule has 0 unspecified atom stereocenters. The minimum Gasteiger partial charge on any atom is -0.858 e. The SMILES string of the molecule is CN=C([O-])C[N+]1(C)CCN(C)CC1. The van der Waals surface area contributed by atoms with Crippen molar-refractivity contribution >= 4 is 5.90 Å². The molecule has 1 rings (SSSR count).